The van der Waals surface area contributed by atoms with Crippen LogP contribution in [0.5, 0.6) is 23.0 Å². The Labute approximate surface area is 195 Å². The molecular weight excluding hydrogens is 472 g/mol. The van der Waals surface area contributed by atoms with Crippen molar-refractivity contribution in [3.8, 4) is 23.0 Å². The SMILES string of the molecule is Cc1c(C(=O)O)c(O)cc2c1C(=O)c1c(O)c([C@@H]3O[C@@H](CO)[C@H](O)[C@@H](O)[C@@H]3O)c(O)c(O)c1C2=O. The predicted molar refractivity (Wildman–Crippen MR) is 111 cm³/mol. The number of ether oxygens (including phenoxy) is 1. The summed E-state index contributed by atoms with van der Waals surface area (Å²) in [5, 5.41) is 91.5. The van der Waals surface area contributed by atoms with E-state index < -0.39 is 111 Å². The molecule has 2 aromatic rings. The number of phenols is 4. The molecule has 13 heteroatoms. The summed E-state index contributed by atoms with van der Waals surface area (Å²) >= 11 is 0. The van der Waals surface area contributed by atoms with Crippen LogP contribution >= 0.6 is 0 Å². The van der Waals surface area contributed by atoms with Gasteiger partial charge in [0, 0.05) is 11.1 Å². The van der Waals surface area contributed by atoms with Gasteiger partial charge in [-0.05, 0) is 18.6 Å². The van der Waals surface area contributed by atoms with Gasteiger partial charge in [0.2, 0.25) is 0 Å². The first-order valence-electron chi connectivity index (χ1n) is 10.2. The fraction of sp³-hybridized carbons (Fsp3) is 0.318. The van der Waals surface area contributed by atoms with Crippen LogP contribution in [0.2, 0.25) is 0 Å². The molecular formula is C22H20O13. The molecule has 1 heterocycles. The first-order chi connectivity index (χ1) is 16.3. The topological polar surface area (TPSA) is 243 Å². The van der Waals surface area contributed by atoms with E-state index in [4.69, 9.17) is 4.74 Å². The maximum absolute atomic E-state index is 13.4. The van der Waals surface area contributed by atoms with Crippen molar-refractivity contribution in [1.82, 2.24) is 0 Å². The van der Waals surface area contributed by atoms with Crippen LogP contribution in [-0.2, 0) is 4.74 Å². The number of hydrogen-bond donors (Lipinski definition) is 9. The van der Waals surface area contributed by atoms with Crippen molar-refractivity contribution in [2.45, 2.75) is 37.4 Å². The Balaban J connectivity index is 1.99. The Morgan fingerprint density at radius 1 is 0.886 bits per heavy atom. The molecule has 0 bridgehead atoms. The molecule has 186 valence electrons. The van der Waals surface area contributed by atoms with E-state index in [1.165, 1.54) is 0 Å². The van der Waals surface area contributed by atoms with Gasteiger partial charge in [0.1, 0.15) is 47.6 Å². The van der Waals surface area contributed by atoms with Crippen LogP contribution < -0.4 is 0 Å². The summed E-state index contributed by atoms with van der Waals surface area (Å²) in [6, 6.07) is 0.716. The molecule has 2 aromatic carbocycles. The number of benzene rings is 2. The van der Waals surface area contributed by atoms with Crippen LogP contribution in [-0.4, -0.2) is 94.5 Å². The van der Waals surface area contributed by atoms with Gasteiger partial charge in [0.25, 0.3) is 0 Å². The fourth-order valence-electron chi connectivity index (χ4n) is 4.58. The summed E-state index contributed by atoms with van der Waals surface area (Å²) in [7, 11) is 0. The highest BCUT2D eigenvalue weighted by molar-refractivity contribution is 6.31. The Hall–Kier alpha value is -3.75. The number of rotatable bonds is 3. The molecule has 2 aliphatic rings. The van der Waals surface area contributed by atoms with E-state index in [0.717, 1.165) is 6.92 Å². The molecule has 0 aromatic heterocycles. The van der Waals surface area contributed by atoms with Crippen molar-refractivity contribution in [2.24, 2.45) is 0 Å². The van der Waals surface area contributed by atoms with E-state index in [1.54, 1.807) is 0 Å². The summed E-state index contributed by atoms with van der Waals surface area (Å²) in [4.78, 5) is 38.1. The molecule has 0 saturated carbocycles. The lowest BCUT2D eigenvalue weighted by molar-refractivity contribution is -0.232. The number of aliphatic hydroxyl groups is 4. The molecule has 0 spiro atoms. The number of hydrogen-bond acceptors (Lipinski definition) is 12. The van der Waals surface area contributed by atoms with Gasteiger partial charge in [0.05, 0.1) is 23.3 Å². The summed E-state index contributed by atoms with van der Waals surface area (Å²) in [5.41, 5.74) is -4.49. The standard InChI is InChI=1S/C22H20O13/c1-4-8-5(2-6(24)9(4)22(33)34)13(25)10-11(15(8)27)16(28)12(18(30)17(10)29)21-20(32)19(31)14(26)7(3-23)35-21/h2,7,14,19-21,23-24,26,28-32H,3H2,1H3,(H,33,34)/t7-,14-,19+,20-,21-/m0/s1. The number of carboxylic acid groups (broad SMARTS) is 1. The van der Waals surface area contributed by atoms with Gasteiger partial charge < -0.3 is 50.7 Å². The number of carboxylic acids is 1. The Bertz CT molecular complexity index is 1300. The molecule has 1 fully saturated rings. The minimum Gasteiger partial charge on any atom is -0.507 e. The lowest BCUT2D eigenvalue weighted by Crippen LogP contribution is -2.55. The molecule has 0 unspecified atom stereocenters. The van der Waals surface area contributed by atoms with Crippen LogP contribution in [0.3, 0.4) is 0 Å². The highest BCUT2D eigenvalue weighted by Gasteiger charge is 2.48. The molecule has 5 atom stereocenters. The molecule has 0 amide bonds. The van der Waals surface area contributed by atoms with Crippen molar-refractivity contribution >= 4 is 17.5 Å². The first-order valence-corrected chi connectivity index (χ1v) is 10.2. The zero-order chi connectivity index (χ0) is 26.1. The number of aromatic hydroxyl groups is 4. The summed E-state index contributed by atoms with van der Waals surface area (Å²) in [6.45, 7) is 0.291. The van der Waals surface area contributed by atoms with Gasteiger partial charge in [-0.25, -0.2) is 4.79 Å². The Morgan fingerprint density at radius 2 is 1.49 bits per heavy atom. The van der Waals surface area contributed by atoms with E-state index in [9.17, 15) is 60.3 Å². The minimum absolute atomic E-state index is 0.308. The minimum atomic E-state index is -2.03. The molecule has 13 nitrogen and oxygen atoms in total. The van der Waals surface area contributed by atoms with E-state index in [-0.39, 0.29) is 5.56 Å². The number of fused-ring (bicyclic) bond motifs is 2. The lowest BCUT2D eigenvalue weighted by Gasteiger charge is -2.40. The largest absolute Gasteiger partial charge is 0.507 e. The van der Waals surface area contributed by atoms with Gasteiger partial charge in [-0.2, -0.15) is 0 Å². The lowest BCUT2D eigenvalue weighted by atomic mass is 9.77. The second-order valence-electron chi connectivity index (χ2n) is 8.24. The smallest absolute Gasteiger partial charge is 0.339 e. The van der Waals surface area contributed by atoms with Crippen molar-refractivity contribution in [3.63, 3.8) is 0 Å². The number of aliphatic hydroxyl groups excluding tert-OH is 4. The van der Waals surface area contributed by atoms with Crippen LogP contribution in [0.15, 0.2) is 6.07 Å². The van der Waals surface area contributed by atoms with Crippen molar-refractivity contribution in [2.75, 3.05) is 6.61 Å². The number of aromatic carboxylic acids is 1. The Morgan fingerprint density at radius 3 is 2.06 bits per heavy atom. The third-order valence-electron chi connectivity index (χ3n) is 6.33. The predicted octanol–water partition coefficient (Wildman–Crippen LogP) is -1.19. The Kier molecular flexibility index (Phi) is 5.70. The van der Waals surface area contributed by atoms with Crippen LogP contribution in [0.1, 0.15) is 59.4 Å². The molecule has 4 rings (SSSR count). The number of carbonyl (C=O) groups is 3. The number of ketones is 2. The van der Waals surface area contributed by atoms with E-state index in [0.29, 0.717) is 6.07 Å². The monoisotopic (exact) mass is 492 g/mol. The summed E-state index contributed by atoms with van der Waals surface area (Å²) in [5.74, 6) is -8.24. The third kappa shape index (κ3) is 3.25. The number of carbonyl (C=O) groups excluding carboxylic acids is 2. The van der Waals surface area contributed by atoms with Gasteiger partial charge in [0.15, 0.2) is 23.1 Å². The van der Waals surface area contributed by atoms with Gasteiger partial charge in [-0.3, -0.25) is 9.59 Å². The first kappa shape index (κ1) is 24.4. The highest BCUT2D eigenvalue weighted by atomic mass is 16.5. The maximum Gasteiger partial charge on any atom is 0.339 e. The molecule has 9 N–H and O–H groups in total. The van der Waals surface area contributed by atoms with Crippen LogP contribution in [0.4, 0.5) is 0 Å². The highest BCUT2D eigenvalue weighted by Crippen LogP contribution is 2.52. The van der Waals surface area contributed by atoms with Crippen molar-refractivity contribution in [1.29, 1.82) is 0 Å². The van der Waals surface area contributed by atoms with Gasteiger partial charge in [-0.1, -0.05) is 0 Å². The van der Waals surface area contributed by atoms with E-state index in [1.807, 2.05) is 0 Å². The number of phenolic OH excluding ortho intramolecular Hbond substituents is 3. The zero-order valence-corrected chi connectivity index (χ0v) is 17.8. The zero-order valence-electron chi connectivity index (χ0n) is 17.8. The van der Waals surface area contributed by atoms with Crippen molar-refractivity contribution < 1.29 is 65.1 Å². The van der Waals surface area contributed by atoms with Crippen LogP contribution in [0.25, 0.3) is 0 Å². The summed E-state index contributed by atoms with van der Waals surface area (Å²) in [6.07, 6.45) is -9.12. The maximum atomic E-state index is 13.4. The van der Waals surface area contributed by atoms with Gasteiger partial charge in [-0.15, -0.1) is 0 Å². The summed E-state index contributed by atoms with van der Waals surface area (Å²) < 4.78 is 5.30. The molecule has 1 aliphatic heterocycles. The van der Waals surface area contributed by atoms with E-state index in [2.05, 4.69) is 0 Å². The molecule has 1 saturated heterocycles. The van der Waals surface area contributed by atoms with Crippen molar-refractivity contribution in [3.05, 3.63) is 45.0 Å². The quantitative estimate of drug-likeness (QED) is 0.154. The average Bonchev–Trinajstić information content (AvgIpc) is 2.79. The van der Waals surface area contributed by atoms with Crippen LogP contribution in [0, 0.1) is 6.92 Å². The van der Waals surface area contributed by atoms with E-state index >= 15 is 0 Å². The molecule has 0 radical (unpaired) electrons. The second-order valence-corrected chi connectivity index (χ2v) is 8.24. The average molecular weight is 492 g/mol. The second kappa shape index (κ2) is 8.18. The third-order valence-corrected chi connectivity index (χ3v) is 6.33. The normalized spacial score (nSPS) is 25.8. The molecule has 1 aliphatic carbocycles. The van der Waals surface area contributed by atoms with Gasteiger partial charge >= 0.3 is 5.97 Å². The fourth-order valence-corrected chi connectivity index (χ4v) is 4.58. The molecule has 35 heavy (non-hydrogen) atoms.